The molecule has 0 aromatic heterocycles. The van der Waals surface area contributed by atoms with Crippen LogP contribution in [0.1, 0.15) is 31.8 Å². The average Bonchev–Trinajstić information content (AvgIpc) is 3.23. The molecule has 1 aliphatic carbocycles. The quantitative estimate of drug-likeness (QED) is 0.403. The van der Waals surface area contributed by atoms with Crippen LogP contribution in [0.4, 0.5) is 0 Å². The van der Waals surface area contributed by atoms with Crippen molar-refractivity contribution in [3.63, 3.8) is 0 Å². The number of benzene rings is 3. The molecule has 3 N–H and O–H groups in total. The number of nitrogens with one attached hydrogen (secondary N) is 1. The summed E-state index contributed by atoms with van der Waals surface area (Å²) >= 11 is 12.3. The molecule has 2 amide bonds. The Morgan fingerprint density at radius 2 is 1.74 bits per heavy atom. The Kier molecular flexibility index (Phi) is 6.80. The van der Waals surface area contributed by atoms with E-state index < -0.39 is 5.91 Å². The maximum absolute atomic E-state index is 12.9. The molecule has 0 radical (unpaired) electrons. The number of morpholine rings is 1. The number of hydrogen-bond donors (Lipinski definition) is 2. The summed E-state index contributed by atoms with van der Waals surface area (Å²) in [4.78, 5) is 27.5. The number of fused-ring (bicyclic) bond motifs is 3. The first-order valence-electron chi connectivity index (χ1n) is 11.5. The second-order valence-corrected chi connectivity index (χ2v) is 9.62. The SMILES string of the molecule is NC(=O)c1cc(-c2ccc(Cl)c(Cl)c2)cc2c1Cc1ccc(C(=O)NCCN3CCOCC3)cc1-2. The van der Waals surface area contributed by atoms with Crippen molar-refractivity contribution in [3.05, 3.63) is 80.8 Å². The Morgan fingerprint density at radius 3 is 2.49 bits per heavy atom. The molecule has 1 aliphatic heterocycles. The lowest BCUT2D eigenvalue weighted by atomic mass is 9.93. The summed E-state index contributed by atoms with van der Waals surface area (Å²) in [7, 11) is 0. The lowest BCUT2D eigenvalue weighted by Crippen LogP contribution is -2.41. The molecule has 1 fully saturated rings. The fourth-order valence-corrected chi connectivity index (χ4v) is 5.03. The number of halogens is 2. The van der Waals surface area contributed by atoms with E-state index in [0.717, 1.165) is 66.2 Å². The van der Waals surface area contributed by atoms with Gasteiger partial charge in [0.2, 0.25) is 5.91 Å². The van der Waals surface area contributed by atoms with Gasteiger partial charge in [0.15, 0.2) is 0 Å². The van der Waals surface area contributed by atoms with Gasteiger partial charge in [0.1, 0.15) is 0 Å². The molecule has 8 heteroatoms. The number of rotatable bonds is 6. The van der Waals surface area contributed by atoms with Gasteiger partial charge in [0.05, 0.1) is 23.3 Å². The summed E-state index contributed by atoms with van der Waals surface area (Å²) in [5.41, 5.74) is 12.2. The zero-order valence-electron chi connectivity index (χ0n) is 19.1. The summed E-state index contributed by atoms with van der Waals surface area (Å²) in [6, 6.07) is 14.9. The third-order valence-electron chi connectivity index (χ3n) is 6.62. The second kappa shape index (κ2) is 9.99. The second-order valence-electron chi connectivity index (χ2n) is 8.80. The molecule has 0 saturated carbocycles. The first-order valence-corrected chi connectivity index (χ1v) is 12.3. The number of nitrogens with zero attached hydrogens (tertiary/aromatic N) is 1. The van der Waals surface area contributed by atoms with E-state index in [1.807, 2.05) is 30.3 Å². The topological polar surface area (TPSA) is 84.7 Å². The summed E-state index contributed by atoms with van der Waals surface area (Å²) < 4.78 is 5.37. The van der Waals surface area contributed by atoms with Crippen LogP contribution in [0.15, 0.2) is 48.5 Å². The molecule has 35 heavy (non-hydrogen) atoms. The van der Waals surface area contributed by atoms with Crippen LogP contribution in [-0.2, 0) is 11.2 Å². The van der Waals surface area contributed by atoms with Crippen LogP contribution in [0.2, 0.25) is 10.0 Å². The van der Waals surface area contributed by atoms with Crippen LogP contribution in [0.3, 0.4) is 0 Å². The number of ether oxygens (including phenoxy) is 1. The molecule has 0 bridgehead atoms. The Labute approximate surface area is 214 Å². The van der Waals surface area contributed by atoms with Gasteiger partial charge in [-0.2, -0.15) is 0 Å². The van der Waals surface area contributed by atoms with Crippen molar-refractivity contribution < 1.29 is 14.3 Å². The minimum absolute atomic E-state index is 0.120. The molecule has 0 atom stereocenters. The molecule has 5 rings (SSSR count). The predicted octanol–water partition coefficient (Wildman–Crippen LogP) is 4.39. The summed E-state index contributed by atoms with van der Waals surface area (Å²) in [6.45, 7) is 4.59. The van der Waals surface area contributed by atoms with Gasteiger partial charge in [-0.3, -0.25) is 14.5 Å². The van der Waals surface area contributed by atoms with Crippen molar-refractivity contribution >= 4 is 35.0 Å². The lowest BCUT2D eigenvalue weighted by Gasteiger charge is -2.26. The maximum atomic E-state index is 12.9. The average molecular weight is 510 g/mol. The fourth-order valence-electron chi connectivity index (χ4n) is 4.73. The molecular weight excluding hydrogens is 485 g/mol. The number of nitrogens with two attached hydrogens (primary N) is 1. The molecule has 6 nitrogen and oxygen atoms in total. The summed E-state index contributed by atoms with van der Waals surface area (Å²) in [5.74, 6) is -0.609. The van der Waals surface area contributed by atoms with Gasteiger partial charge >= 0.3 is 0 Å². The minimum atomic E-state index is -0.489. The van der Waals surface area contributed by atoms with Gasteiger partial charge < -0.3 is 15.8 Å². The zero-order chi connectivity index (χ0) is 24.5. The summed E-state index contributed by atoms with van der Waals surface area (Å²) in [6.07, 6.45) is 0.587. The van der Waals surface area contributed by atoms with Gasteiger partial charge in [-0.1, -0.05) is 35.3 Å². The Bertz CT molecular complexity index is 1320. The molecule has 3 aromatic carbocycles. The van der Waals surface area contributed by atoms with E-state index in [-0.39, 0.29) is 5.91 Å². The van der Waals surface area contributed by atoms with Crippen LogP contribution in [0.25, 0.3) is 22.3 Å². The van der Waals surface area contributed by atoms with E-state index in [1.54, 1.807) is 18.2 Å². The number of hydrogen-bond acceptors (Lipinski definition) is 4. The van der Waals surface area contributed by atoms with Crippen molar-refractivity contribution in [3.8, 4) is 22.3 Å². The maximum Gasteiger partial charge on any atom is 0.251 e. The van der Waals surface area contributed by atoms with Crippen molar-refractivity contribution in [2.75, 3.05) is 39.4 Å². The molecule has 3 aromatic rings. The monoisotopic (exact) mass is 509 g/mol. The van der Waals surface area contributed by atoms with Crippen molar-refractivity contribution in [2.24, 2.45) is 5.73 Å². The van der Waals surface area contributed by atoms with E-state index in [1.165, 1.54) is 0 Å². The van der Waals surface area contributed by atoms with Crippen molar-refractivity contribution in [1.29, 1.82) is 0 Å². The summed E-state index contributed by atoms with van der Waals surface area (Å²) in [5, 5.41) is 3.91. The lowest BCUT2D eigenvalue weighted by molar-refractivity contribution is 0.0383. The number of carbonyl (C=O) groups is 2. The van der Waals surface area contributed by atoms with Crippen LogP contribution in [0.5, 0.6) is 0 Å². The van der Waals surface area contributed by atoms with Crippen molar-refractivity contribution in [1.82, 2.24) is 10.2 Å². The molecule has 180 valence electrons. The van der Waals surface area contributed by atoms with Crippen LogP contribution in [-0.4, -0.2) is 56.1 Å². The van der Waals surface area contributed by atoms with E-state index in [4.69, 9.17) is 33.7 Å². The molecular formula is C27H25Cl2N3O3. The molecule has 1 saturated heterocycles. The highest BCUT2D eigenvalue weighted by Crippen LogP contribution is 2.42. The van der Waals surface area contributed by atoms with E-state index in [0.29, 0.717) is 34.1 Å². The zero-order valence-corrected chi connectivity index (χ0v) is 20.6. The fraction of sp³-hybridized carbons (Fsp3) is 0.259. The molecule has 0 unspecified atom stereocenters. The number of carbonyl (C=O) groups excluding carboxylic acids is 2. The highest BCUT2D eigenvalue weighted by atomic mass is 35.5. The van der Waals surface area contributed by atoms with E-state index in [2.05, 4.69) is 10.2 Å². The minimum Gasteiger partial charge on any atom is -0.379 e. The van der Waals surface area contributed by atoms with Crippen LogP contribution >= 0.6 is 23.2 Å². The number of amides is 2. The van der Waals surface area contributed by atoms with E-state index >= 15 is 0 Å². The van der Waals surface area contributed by atoms with Gasteiger partial charge in [0.25, 0.3) is 5.91 Å². The van der Waals surface area contributed by atoms with Crippen molar-refractivity contribution in [2.45, 2.75) is 6.42 Å². The predicted molar refractivity (Wildman–Crippen MR) is 138 cm³/mol. The standard InChI is InChI=1S/C27H25Cl2N3O3/c28-24-4-3-16(15-25(24)29)19-13-21-20-12-18(27(34)31-5-6-32-7-9-35-10-8-32)2-1-17(20)11-22(21)23(14-19)26(30)33/h1-4,12-15H,5-11H2,(H2,30,33)(H,31,34). The van der Waals surface area contributed by atoms with Gasteiger partial charge in [-0.05, 0) is 76.2 Å². The largest absolute Gasteiger partial charge is 0.379 e. The van der Waals surface area contributed by atoms with Gasteiger partial charge in [-0.15, -0.1) is 0 Å². The van der Waals surface area contributed by atoms with E-state index in [9.17, 15) is 9.59 Å². The third-order valence-corrected chi connectivity index (χ3v) is 7.35. The first kappa shape index (κ1) is 23.8. The Hall–Kier alpha value is -2.90. The smallest absolute Gasteiger partial charge is 0.251 e. The molecule has 2 aliphatic rings. The Morgan fingerprint density at radius 1 is 0.943 bits per heavy atom. The highest BCUT2D eigenvalue weighted by Gasteiger charge is 2.25. The Balaban J connectivity index is 1.43. The normalized spacial score (nSPS) is 14.9. The third kappa shape index (κ3) is 4.93. The first-order chi connectivity index (χ1) is 16.9. The van der Waals surface area contributed by atoms with Gasteiger partial charge in [-0.25, -0.2) is 0 Å². The van der Waals surface area contributed by atoms with Crippen LogP contribution in [0, 0.1) is 0 Å². The highest BCUT2D eigenvalue weighted by molar-refractivity contribution is 6.42. The molecule has 0 spiro atoms. The van der Waals surface area contributed by atoms with Gasteiger partial charge in [0, 0.05) is 37.3 Å². The van der Waals surface area contributed by atoms with Crippen LogP contribution < -0.4 is 11.1 Å². The number of primary amides is 1. The molecule has 1 heterocycles.